The van der Waals surface area contributed by atoms with Gasteiger partial charge in [0, 0.05) is 11.8 Å². The quantitative estimate of drug-likeness (QED) is 0.454. The number of imidazole rings is 1. The number of anilines is 1. The third kappa shape index (κ3) is 4.20. The molecule has 0 saturated heterocycles. The van der Waals surface area contributed by atoms with Gasteiger partial charge >= 0.3 is 0 Å². The molecular weight excluding hydrogens is 384 g/mol. The van der Waals surface area contributed by atoms with Gasteiger partial charge in [0.05, 0.1) is 36.0 Å². The Morgan fingerprint density at radius 3 is 2.50 bits per heavy atom. The molecule has 5 nitrogen and oxygen atoms in total. The summed E-state index contributed by atoms with van der Waals surface area (Å²) in [5.41, 5.74) is 3.73. The predicted octanol–water partition coefficient (Wildman–Crippen LogP) is 5.29. The van der Waals surface area contributed by atoms with E-state index < -0.39 is 6.67 Å². The summed E-state index contributed by atoms with van der Waals surface area (Å²) in [6, 6.07) is 17.8. The van der Waals surface area contributed by atoms with E-state index in [0.29, 0.717) is 23.0 Å². The molecule has 0 aliphatic carbocycles. The molecule has 1 atom stereocenters. The minimum Gasteiger partial charge on any atom is -0.348 e. The second kappa shape index (κ2) is 8.82. The molecule has 0 bridgehead atoms. The molecule has 4 rings (SSSR count). The fourth-order valence-corrected chi connectivity index (χ4v) is 3.31. The summed E-state index contributed by atoms with van der Waals surface area (Å²) in [6.45, 7) is 1.65. The van der Waals surface area contributed by atoms with Crippen LogP contribution in [-0.4, -0.2) is 26.2 Å². The number of aromatic nitrogens is 4. The van der Waals surface area contributed by atoms with Gasteiger partial charge in [-0.05, 0) is 42.8 Å². The molecule has 2 heterocycles. The van der Waals surface area contributed by atoms with Crippen LogP contribution in [-0.2, 0) is 6.54 Å². The topological polar surface area (TPSA) is 55.6 Å². The summed E-state index contributed by atoms with van der Waals surface area (Å²) in [5.74, 6) is 0.133. The maximum absolute atomic E-state index is 13.4. The van der Waals surface area contributed by atoms with Crippen LogP contribution in [0.5, 0.6) is 0 Å². The lowest BCUT2D eigenvalue weighted by Crippen LogP contribution is -2.10. The van der Waals surface area contributed by atoms with Crippen molar-refractivity contribution in [1.82, 2.24) is 19.5 Å². The summed E-state index contributed by atoms with van der Waals surface area (Å²) < 4.78 is 28.2. The number of halogens is 2. The number of nitrogens with zero attached hydrogens (tertiary/aromatic N) is 4. The number of alkyl halides is 1. The van der Waals surface area contributed by atoms with Crippen LogP contribution < -0.4 is 5.32 Å². The minimum atomic E-state index is -0.534. The number of benzene rings is 2. The Kier molecular flexibility index (Phi) is 5.79. The molecule has 0 saturated carbocycles. The van der Waals surface area contributed by atoms with E-state index in [1.807, 2.05) is 37.3 Å². The monoisotopic (exact) mass is 405 g/mol. The van der Waals surface area contributed by atoms with E-state index in [1.54, 1.807) is 35.3 Å². The van der Waals surface area contributed by atoms with Crippen molar-refractivity contribution in [1.29, 1.82) is 0 Å². The van der Waals surface area contributed by atoms with Gasteiger partial charge in [0.1, 0.15) is 12.5 Å². The number of hydrogen-bond donors (Lipinski definition) is 1. The van der Waals surface area contributed by atoms with Crippen molar-refractivity contribution in [3.8, 4) is 22.6 Å². The highest BCUT2D eigenvalue weighted by Crippen LogP contribution is 2.31. The molecule has 1 N–H and O–H groups in total. The van der Waals surface area contributed by atoms with Gasteiger partial charge < -0.3 is 9.88 Å². The molecule has 0 unspecified atom stereocenters. The van der Waals surface area contributed by atoms with Gasteiger partial charge in [0.25, 0.3) is 0 Å². The van der Waals surface area contributed by atoms with Crippen LogP contribution in [0, 0.1) is 5.82 Å². The fraction of sp³-hybridized carbons (Fsp3) is 0.174. The summed E-state index contributed by atoms with van der Waals surface area (Å²) >= 11 is 0. The third-order valence-electron chi connectivity index (χ3n) is 4.82. The van der Waals surface area contributed by atoms with Crippen LogP contribution in [0.3, 0.4) is 0 Å². The van der Waals surface area contributed by atoms with Crippen LogP contribution in [0.4, 0.5) is 14.7 Å². The standard InChI is InChI=1S/C23H21F2N5/c1-16(17-5-3-2-4-6-17)28-23-26-13-11-20(29-23)22-21(27-15-30(22)14-12-24)18-7-9-19(25)10-8-18/h2-11,13,15-16H,12,14H2,1H3,(H,26,28,29)/t16-/m0/s1. The largest absolute Gasteiger partial charge is 0.348 e. The van der Waals surface area contributed by atoms with E-state index >= 15 is 0 Å². The van der Waals surface area contributed by atoms with Crippen LogP contribution in [0.1, 0.15) is 18.5 Å². The molecule has 0 fully saturated rings. The van der Waals surface area contributed by atoms with E-state index in [4.69, 9.17) is 0 Å². The maximum Gasteiger partial charge on any atom is 0.223 e. The first-order chi connectivity index (χ1) is 14.7. The van der Waals surface area contributed by atoms with Gasteiger partial charge in [-0.3, -0.25) is 0 Å². The zero-order valence-corrected chi connectivity index (χ0v) is 16.5. The van der Waals surface area contributed by atoms with E-state index in [9.17, 15) is 8.78 Å². The van der Waals surface area contributed by atoms with Crippen LogP contribution in [0.25, 0.3) is 22.6 Å². The fourth-order valence-electron chi connectivity index (χ4n) is 3.31. The van der Waals surface area contributed by atoms with Crippen molar-refractivity contribution >= 4 is 5.95 Å². The van der Waals surface area contributed by atoms with Crippen LogP contribution >= 0.6 is 0 Å². The average molecular weight is 405 g/mol. The van der Waals surface area contributed by atoms with Crippen LogP contribution in [0.15, 0.2) is 73.2 Å². The first-order valence-corrected chi connectivity index (χ1v) is 9.67. The second-order valence-corrected chi connectivity index (χ2v) is 6.87. The normalized spacial score (nSPS) is 12.0. The van der Waals surface area contributed by atoms with E-state index in [1.165, 1.54) is 12.1 Å². The Morgan fingerprint density at radius 1 is 1.00 bits per heavy atom. The Bertz CT molecular complexity index is 1110. The molecule has 0 radical (unpaired) electrons. The van der Waals surface area contributed by atoms with Crippen molar-refractivity contribution in [2.75, 3.05) is 12.0 Å². The zero-order valence-electron chi connectivity index (χ0n) is 16.5. The first kappa shape index (κ1) is 19.7. The number of rotatable bonds is 7. The first-order valence-electron chi connectivity index (χ1n) is 9.67. The molecule has 0 aliphatic rings. The highest BCUT2D eigenvalue weighted by Gasteiger charge is 2.17. The van der Waals surface area contributed by atoms with Gasteiger partial charge in [-0.15, -0.1) is 0 Å². The van der Waals surface area contributed by atoms with Crippen LogP contribution in [0.2, 0.25) is 0 Å². The van der Waals surface area contributed by atoms with Crippen molar-refractivity contribution < 1.29 is 8.78 Å². The van der Waals surface area contributed by atoms with Crippen molar-refractivity contribution in [2.24, 2.45) is 0 Å². The minimum absolute atomic E-state index is 0.00812. The van der Waals surface area contributed by atoms with Gasteiger partial charge in [-0.25, -0.2) is 23.7 Å². The molecule has 2 aromatic heterocycles. The Morgan fingerprint density at radius 2 is 1.77 bits per heavy atom. The SMILES string of the molecule is C[C@H](Nc1nccc(-c2c(-c3ccc(F)cc3)ncn2CCF)n1)c1ccccc1. The molecule has 4 aromatic rings. The predicted molar refractivity (Wildman–Crippen MR) is 113 cm³/mol. The molecule has 30 heavy (non-hydrogen) atoms. The Labute approximate surface area is 173 Å². The Balaban J connectivity index is 1.70. The molecule has 0 aliphatic heterocycles. The Hall–Kier alpha value is -3.61. The summed E-state index contributed by atoms with van der Waals surface area (Å²) in [5, 5.41) is 3.30. The lowest BCUT2D eigenvalue weighted by atomic mass is 10.1. The average Bonchev–Trinajstić information content (AvgIpc) is 3.19. The third-order valence-corrected chi connectivity index (χ3v) is 4.82. The number of hydrogen-bond acceptors (Lipinski definition) is 4. The zero-order chi connectivity index (χ0) is 20.9. The molecule has 152 valence electrons. The molecule has 7 heteroatoms. The van der Waals surface area contributed by atoms with E-state index in [0.717, 1.165) is 11.1 Å². The second-order valence-electron chi connectivity index (χ2n) is 6.87. The van der Waals surface area contributed by atoms with Gasteiger partial charge in [0.15, 0.2) is 0 Å². The summed E-state index contributed by atoms with van der Waals surface area (Å²) in [6.07, 6.45) is 3.24. The smallest absolute Gasteiger partial charge is 0.223 e. The van der Waals surface area contributed by atoms with Crippen molar-refractivity contribution in [3.63, 3.8) is 0 Å². The van der Waals surface area contributed by atoms with Gasteiger partial charge in [-0.1, -0.05) is 30.3 Å². The molecular formula is C23H21F2N5. The van der Waals surface area contributed by atoms with Crippen molar-refractivity contribution in [2.45, 2.75) is 19.5 Å². The lowest BCUT2D eigenvalue weighted by Gasteiger charge is -2.15. The maximum atomic E-state index is 13.4. The molecule has 2 aromatic carbocycles. The molecule has 0 spiro atoms. The highest BCUT2D eigenvalue weighted by atomic mass is 19.1. The summed E-state index contributed by atoms with van der Waals surface area (Å²) in [4.78, 5) is 13.4. The number of aryl methyl sites for hydroxylation is 1. The van der Waals surface area contributed by atoms with E-state index in [-0.39, 0.29) is 18.4 Å². The lowest BCUT2D eigenvalue weighted by molar-refractivity contribution is 0.447. The molecule has 0 amide bonds. The van der Waals surface area contributed by atoms with E-state index in [2.05, 4.69) is 20.3 Å². The number of nitrogens with one attached hydrogen (secondary N) is 1. The highest BCUT2D eigenvalue weighted by molar-refractivity contribution is 5.77. The van der Waals surface area contributed by atoms with Gasteiger partial charge in [0.2, 0.25) is 5.95 Å². The summed E-state index contributed by atoms with van der Waals surface area (Å²) in [7, 11) is 0. The van der Waals surface area contributed by atoms with Gasteiger partial charge in [-0.2, -0.15) is 0 Å². The van der Waals surface area contributed by atoms with Crippen molar-refractivity contribution in [3.05, 3.63) is 84.6 Å².